The summed E-state index contributed by atoms with van der Waals surface area (Å²) in [5.74, 6) is -0.0659. The lowest BCUT2D eigenvalue weighted by molar-refractivity contribution is -0.138. The molecule has 2 nitrogen and oxygen atoms in total. The average Bonchev–Trinajstić information content (AvgIpc) is 2.83. The van der Waals surface area contributed by atoms with E-state index >= 15 is 0 Å². The van der Waals surface area contributed by atoms with E-state index < -0.39 is 5.97 Å². The summed E-state index contributed by atoms with van der Waals surface area (Å²) in [4.78, 5) is 10.5. The number of rotatable bonds is 7. The molecule has 1 rings (SSSR count). The van der Waals surface area contributed by atoms with Crippen molar-refractivity contribution in [2.45, 2.75) is 51.9 Å². The summed E-state index contributed by atoms with van der Waals surface area (Å²) in [5.41, 5.74) is 0. The van der Waals surface area contributed by atoms with Gasteiger partial charge in [0, 0.05) is 0 Å². The van der Waals surface area contributed by atoms with Crippen LogP contribution in [0.15, 0.2) is 0 Å². The molecule has 0 bridgehead atoms. The van der Waals surface area contributed by atoms with Gasteiger partial charge in [0.05, 0.1) is 5.92 Å². The third kappa shape index (κ3) is 3.79. The van der Waals surface area contributed by atoms with Crippen molar-refractivity contribution in [3.8, 4) is 0 Å². The second-order valence-electron chi connectivity index (χ2n) is 4.14. The highest BCUT2D eigenvalue weighted by Crippen LogP contribution is 2.42. The summed E-state index contributed by atoms with van der Waals surface area (Å²) >= 11 is 0. The Kier molecular flexibility index (Phi) is 4.26. The van der Waals surface area contributed by atoms with Crippen LogP contribution in [0, 0.1) is 11.8 Å². The van der Waals surface area contributed by atoms with Crippen LogP contribution in [0.4, 0.5) is 0 Å². The number of hydrogen-bond acceptors (Lipinski definition) is 1. The van der Waals surface area contributed by atoms with E-state index in [9.17, 15) is 4.79 Å². The molecule has 0 aliphatic heterocycles. The highest BCUT2D eigenvalue weighted by Gasteiger charge is 2.42. The molecular formula is C11H20O2. The Morgan fingerprint density at radius 2 is 2.00 bits per heavy atom. The zero-order valence-electron chi connectivity index (χ0n) is 8.46. The quantitative estimate of drug-likeness (QED) is 0.617. The van der Waals surface area contributed by atoms with E-state index in [0.717, 1.165) is 12.8 Å². The molecule has 0 unspecified atom stereocenters. The van der Waals surface area contributed by atoms with E-state index in [1.165, 1.54) is 32.1 Å². The van der Waals surface area contributed by atoms with Gasteiger partial charge in [-0.05, 0) is 18.8 Å². The van der Waals surface area contributed by atoms with Crippen LogP contribution in [0.1, 0.15) is 51.9 Å². The topological polar surface area (TPSA) is 37.3 Å². The van der Waals surface area contributed by atoms with Gasteiger partial charge in [-0.25, -0.2) is 0 Å². The Morgan fingerprint density at radius 3 is 2.54 bits per heavy atom. The van der Waals surface area contributed by atoms with Gasteiger partial charge in [0.1, 0.15) is 0 Å². The van der Waals surface area contributed by atoms with Crippen LogP contribution < -0.4 is 0 Å². The van der Waals surface area contributed by atoms with E-state index in [1.54, 1.807) is 0 Å². The van der Waals surface area contributed by atoms with Gasteiger partial charge in [0.15, 0.2) is 0 Å². The SMILES string of the molecule is CCCCCCC[C@@H]1C[C@H]1C(=O)O. The van der Waals surface area contributed by atoms with Crippen molar-refractivity contribution in [1.82, 2.24) is 0 Å². The van der Waals surface area contributed by atoms with Gasteiger partial charge in [0.2, 0.25) is 0 Å². The van der Waals surface area contributed by atoms with Gasteiger partial charge in [-0.3, -0.25) is 4.79 Å². The monoisotopic (exact) mass is 184 g/mol. The summed E-state index contributed by atoms with van der Waals surface area (Å²) in [6.45, 7) is 2.21. The van der Waals surface area contributed by atoms with Crippen molar-refractivity contribution in [2.24, 2.45) is 11.8 Å². The van der Waals surface area contributed by atoms with Crippen LogP contribution in [0.25, 0.3) is 0 Å². The second-order valence-corrected chi connectivity index (χ2v) is 4.14. The molecule has 0 aromatic rings. The third-order valence-corrected chi connectivity index (χ3v) is 2.92. The summed E-state index contributed by atoms with van der Waals surface area (Å²) < 4.78 is 0. The van der Waals surface area contributed by atoms with Gasteiger partial charge in [-0.2, -0.15) is 0 Å². The minimum atomic E-state index is -0.585. The zero-order valence-corrected chi connectivity index (χ0v) is 8.46. The Labute approximate surface area is 80.3 Å². The minimum absolute atomic E-state index is 0.00572. The molecule has 0 saturated heterocycles. The third-order valence-electron chi connectivity index (χ3n) is 2.92. The molecule has 1 aliphatic carbocycles. The zero-order chi connectivity index (χ0) is 9.68. The first kappa shape index (κ1) is 10.6. The molecule has 1 saturated carbocycles. The standard InChI is InChI=1S/C11H20O2/c1-2-3-4-5-6-7-9-8-10(9)11(12)13/h9-10H,2-8H2,1H3,(H,12,13)/t9-,10-/m1/s1. The lowest BCUT2D eigenvalue weighted by Gasteiger charge is -1.98. The molecule has 0 aromatic carbocycles. The van der Waals surface area contributed by atoms with Gasteiger partial charge >= 0.3 is 5.97 Å². The number of carboxylic acid groups (broad SMARTS) is 1. The van der Waals surface area contributed by atoms with Crippen LogP contribution in [-0.2, 0) is 4.79 Å². The first-order chi connectivity index (χ1) is 6.25. The molecule has 0 radical (unpaired) electrons. The first-order valence-electron chi connectivity index (χ1n) is 5.48. The van der Waals surface area contributed by atoms with Crippen molar-refractivity contribution < 1.29 is 9.90 Å². The second kappa shape index (κ2) is 5.25. The molecule has 1 N–H and O–H groups in total. The van der Waals surface area contributed by atoms with Crippen molar-refractivity contribution in [3.63, 3.8) is 0 Å². The van der Waals surface area contributed by atoms with E-state index in [1.807, 2.05) is 0 Å². The molecule has 0 aromatic heterocycles. The fraction of sp³-hybridized carbons (Fsp3) is 0.909. The van der Waals surface area contributed by atoms with Crippen molar-refractivity contribution in [2.75, 3.05) is 0 Å². The Hall–Kier alpha value is -0.530. The van der Waals surface area contributed by atoms with E-state index in [2.05, 4.69) is 6.92 Å². The Bertz CT molecular complexity index is 165. The molecule has 2 atom stereocenters. The van der Waals surface area contributed by atoms with Crippen LogP contribution >= 0.6 is 0 Å². The highest BCUT2D eigenvalue weighted by molar-refractivity contribution is 5.73. The summed E-state index contributed by atoms with van der Waals surface area (Å²) in [5, 5.41) is 8.66. The maximum absolute atomic E-state index is 10.5. The van der Waals surface area contributed by atoms with Crippen molar-refractivity contribution in [3.05, 3.63) is 0 Å². The fourth-order valence-corrected chi connectivity index (χ4v) is 1.88. The van der Waals surface area contributed by atoms with Gasteiger partial charge in [0.25, 0.3) is 0 Å². The molecule has 76 valence electrons. The number of aliphatic carboxylic acids is 1. The molecule has 2 heteroatoms. The number of hydrogen-bond donors (Lipinski definition) is 1. The summed E-state index contributed by atoms with van der Waals surface area (Å²) in [7, 11) is 0. The van der Waals surface area contributed by atoms with Crippen molar-refractivity contribution >= 4 is 5.97 Å². The predicted molar refractivity (Wildman–Crippen MR) is 52.6 cm³/mol. The lowest BCUT2D eigenvalue weighted by Crippen LogP contribution is -1.99. The van der Waals surface area contributed by atoms with Gasteiger partial charge in [-0.15, -0.1) is 0 Å². The smallest absolute Gasteiger partial charge is 0.306 e. The van der Waals surface area contributed by atoms with E-state index in [-0.39, 0.29) is 5.92 Å². The number of unbranched alkanes of at least 4 members (excludes halogenated alkanes) is 4. The summed E-state index contributed by atoms with van der Waals surface area (Å²) in [6, 6.07) is 0. The number of carbonyl (C=O) groups is 1. The van der Waals surface area contributed by atoms with E-state index in [0.29, 0.717) is 5.92 Å². The normalized spacial score (nSPS) is 25.9. The molecule has 1 aliphatic rings. The van der Waals surface area contributed by atoms with Crippen LogP contribution in [-0.4, -0.2) is 11.1 Å². The first-order valence-corrected chi connectivity index (χ1v) is 5.48. The predicted octanol–water partition coefficient (Wildman–Crippen LogP) is 3.07. The maximum atomic E-state index is 10.5. The van der Waals surface area contributed by atoms with Crippen molar-refractivity contribution in [1.29, 1.82) is 0 Å². The molecule has 13 heavy (non-hydrogen) atoms. The maximum Gasteiger partial charge on any atom is 0.306 e. The summed E-state index contributed by atoms with van der Waals surface area (Å²) in [6.07, 6.45) is 8.52. The lowest BCUT2D eigenvalue weighted by atomic mass is 10.1. The Balaban J connectivity index is 1.88. The average molecular weight is 184 g/mol. The molecule has 0 spiro atoms. The highest BCUT2D eigenvalue weighted by atomic mass is 16.4. The number of carboxylic acids is 1. The molecular weight excluding hydrogens is 164 g/mol. The Morgan fingerprint density at radius 1 is 1.31 bits per heavy atom. The molecule has 0 amide bonds. The minimum Gasteiger partial charge on any atom is -0.481 e. The van der Waals surface area contributed by atoms with Crippen LogP contribution in [0.3, 0.4) is 0 Å². The van der Waals surface area contributed by atoms with Crippen LogP contribution in [0.2, 0.25) is 0 Å². The van der Waals surface area contributed by atoms with Crippen LogP contribution in [0.5, 0.6) is 0 Å². The fourth-order valence-electron chi connectivity index (χ4n) is 1.88. The van der Waals surface area contributed by atoms with E-state index in [4.69, 9.17) is 5.11 Å². The van der Waals surface area contributed by atoms with Gasteiger partial charge < -0.3 is 5.11 Å². The molecule has 1 fully saturated rings. The largest absolute Gasteiger partial charge is 0.481 e. The molecule has 0 heterocycles. The van der Waals surface area contributed by atoms with Gasteiger partial charge in [-0.1, -0.05) is 39.0 Å².